The molecule has 8 aromatic rings. The third kappa shape index (κ3) is 32.2. The normalized spacial score (nSPS) is 12.6. The Kier molecular flexibility index (Phi) is 41.2. The monoisotopic (exact) mass is 1840 g/mol. The number of benzene rings is 7. The molecule has 0 radical (unpaired) electrons. The standard InChI is InChI=1S/C12H12F2N2O3.2C12H14F2N2O2.C9H7F2NO4.C8H6Cl2N2O.2C8H5F2NO4.C8H7NO4/c13-12(14)19-10-7-8(3-4-9(10)15-18)11(17)16-5-1-2-6-16;2*13-12(14)18-10-7-8(3-4-9(10)15)11(17)16-5-1-2-6-16;1-15-8(13)5-2-3-6(12-14)7(4-5)16-9(10)11;1-12-3-5-7(8(12)13)4(9)2-6(10)11-5;2*9-8(10)15-6-3-4(7(12)13)1-2-5(6)11-14;1-13-8(11)5-2-3-6(9-12)7(10)4-5/h3-4,7,12H,1-2,5-6H2;2*3-4,7,12H,1-2,5-6,15H2;2-4,9H,1H3;2H,3H2,1H3;2*1-3,8H,(H,12,13);2-4,10H,1H3. The Morgan fingerprint density at radius 1 is 0.394 bits per heavy atom. The van der Waals surface area contributed by atoms with Gasteiger partial charge in [-0.2, -0.15) is 52.7 Å². The largest absolute Gasteiger partial charge is 0.506 e. The first-order valence-corrected chi connectivity index (χ1v) is 36.6. The number of likely N-dealkylation sites (tertiary alicyclic amines) is 3. The number of aromatic carboxylic acids is 2. The summed E-state index contributed by atoms with van der Waals surface area (Å²) in [6, 6.07) is 26.3. The van der Waals surface area contributed by atoms with Gasteiger partial charge in [-0.1, -0.05) is 23.2 Å². The number of nitrogen functional groups attached to an aromatic ring is 2. The van der Waals surface area contributed by atoms with Crippen LogP contribution in [0, 0.1) is 24.5 Å². The van der Waals surface area contributed by atoms with Crippen LogP contribution in [0.15, 0.2) is 159 Å². The van der Waals surface area contributed by atoms with Gasteiger partial charge >= 0.3 is 63.5 Å². The first-order valence-electron chi connectivity index (χ1n) is 35.9. The molecule has 0 saturated carbocycles. The van der Waals surface area contributed by atoms with Crippen LogP contribution < -0.4 is 39.9 Å². The van der Waals surface area contributed by atoms with E-state index in [0.29, 0.717) is 78.4 Å². The van der Waals surface area contributed by atoms with Gasteiger partial charge in [0.15, 0.2) is 23.0 Å². The molecule has 4 aliphatic rings. The number of hydrogen-bond acceptors (Lipinski definition) is 30. The van der Waals surface area contributed by atoms with Crippen molar-refractivity contribution < 1.29 is 144 Å². The van der Waals surface area contributed by atoms with E-state index in [1.807, 2.05) is 0 Å². The van der Waals surface area contributed by atoms with E-state index in [0.717, 1.165) is 106 Å². The number of aromatic nitrogens is 1. The van der Waals surface area contributed by atoms with Crippen molar-refractivity contribution in [3.63, 3.8) is 0 Å². The van der Waals surface area contributed by atoms with Gasteiger partial charge in [-0.3, -0.25) is 19.2 Å². The average molecular weight is 1850 g/mol. The van der Waals surface area contributed by atoms with Crippen LogP contribution in [0.2, 0.25) is 10.2 Å². The SMILES string of the molecule is CN1Cc2nc(Cl)cc(Cl)c2C1=O.COC(=O)c1ccc(N=O)c(O)c1.COC(=O)c1ccc(N=O)c(OC(F)F)c1.Nc1ccc(C(=O)N2CCCC2)cc1OC(F)F.Nc1ccc(C(=O)N2CCCC2)cc1OC(F)F.O=Nc1ccc(C(=O)N2CCCC2)cc1OC(F)F.O=Nc1ccc(C(=O)O)cc1OC(F)F.O=Nc1ccc(C(=O)O)cc1OC(F)F. The Morgan fingerprint density at radius 2 is 0.654 bits per heavy atom. The number of carbonyl (C=O) groups excluding carboxylic acids is 6. The first kappa shape index (κ1) is 103. The number of aromatic hydroxyl groups is 1. The minimum absolute atomic E-state index is 0.00875. The molecule has 4 amide bonds. The van der Waals surface area contributed by atoms with Crippen molar-refractivity contribution in [1.29, 1.82) is 0 Å². The minimum Gasteiger partial charge on any atom is -0.506 e. The van der Waals surface area contributed by atoms with E-state index in [1.54, 1.807) is 26.6 Å². The number of methoxy groups -OCH3 is 2. The predicted octanol–water partition coefficient (Wildman–Crippen LogP) is 17.9. The molecule has 7 N–H and O–H groups in total. The number of nitroso groups, excluding NO2 is 5. The lowest BCUT2D eigenvalue weighted by molar-refractivity contribution is -0.0501. The molecule has 0 spiro atoms. The summed E-state index contributed by atoms with van der Waals surface area (Å²) in [5.74, 6) is -7.23. The van der Waals surface area contributed by atoms with E-state index in [9.17, 15) is 116 Å². The smallest absolute Gasteiger partial charge is 0.387 e. The number of carboxylic acid groups (broad SMARTS) is 2. The van der Waals surface area contributed by atoms with Crippen molar-refractivity contribution in [2.75, 3.05) is 72.0 Å². The quantitative estimate of drug-likeness (QED) is 0.0123. The Morgan fingerprint density at radius 3 is 0.945 bits per heavy atom. The van der Waals surface area contributed by atoms with Crippen LogP contribution in [0.5, 0.6) is 40.2 Å². The predicted molar refractivity (Wildman–Crippen MR) is 425 cm³/mol. The number of alkyl halides is 12. The van der Waals surface area contributed by atoms with Crippen LogP contribution in [0.25, 0.3) is 0 Å². The Balaban J connectivity index is 0.000000258. The number of nitrogens with zero attached hydrogens (tertiary/aromatic N) is 10. The van der Waals surface area contributed by atoms with Gasteiger partial charge in [0.2, 0.25) is 0 Å². The molecular weight excluding hydrogens is 1780 g/mol. The van der Waals surface area contributed by atoms with Crippen molar-refractivity contribution in [2.45, 2.75) is 84.7 Å². The van der Waals surface area contributed by atoms with Crippen molar-refractivity contribution in [1.82, 2.24) is 24.6 Å². The summed E-state index contributed by atoms with van der Waals surface area (Å²) in [5, 5.41) is 39.4. The second-order valence-electron chi connectivity index (χ2n) is 25.2. The van der Waals surface area contributed by atoms with Gasteiger partial charge in [0, 0.05) is 63.0 Å². The van der Waals surface area contributed by atoms with Crippen LogP contribution in [-0.2, 0) is 16.0 Å². The summed E-state index contributed by atoms with van der Waals surface area (Å²) < 4.78 is 178. The summed E-state index contributed by atoms with van der Waals surface area (Å²) in [4.78, 5) is 152. The van der Waals surface area contributed by atoms with Crippen molar-refractivity contribution in [3.8, 4) is 40.2 Å². The zero-order valence-corrected chi connectivity index (χ0v) is 67.2. The summed E-state index contributed by atoms with van der Waals surface area (Å²) in [5.41, 5.74) is 11.4. The van der Waals surface area contributed by atoms with Gasteiger partial charge in [-0.25, -0.2) is 24.2 Å². The molecular formula is C77H70Cl2F12N12O24. The molecule has 0 aliphatic carbocycles. The Bertz CT molecular complexity index is 5060. The first-order chi connectivity index (χ1) is 60.2. The third-order valence-corrected chi connectivity index (χ3v) is 17.3. The van der Waals surface area contributed by atoms with Crippen molar-refractivity contribution in [2.24, 2.45) is 25.9 Å². The lowest BCUT2D eigenvalue weighted by Gasteiger charge is -2.16. The van der Waals surface area contributed by atoms with Gasteiger partial charge < -0.3 is 84.3 Å². The Labute approximate surface area is 717 Å². The van der Waals surface area contributed by atoms with E-state index in [-0.39, 0.29) is 114 Å². The fourth-order valence-electron chi connectivity index (χ4n) is 11.0. The highest BCUT2D eigenvalue weighted by Crippen LogP contribution is 2.37. The van der Waals surface area contributed by atoms with Crippen molar-refractivity contribution >= 4 is 111 Å². The van der Waals surface area contributed by atoms with Crippen LogP contribution in [0.3, 0.4) is 0 Å². The molecule has 127 heavy (non-hydrogen) atoms. The molecule has 3 fully saturated rings. The van der Waals surface area contributed by atoms with Gasteiger partial charge in [0.1, 0.15) is 50.8 Å². The number of carbonyl (C=O) groups is 8. The van der Waals surface area contributed by atoms with Crippen LogP contribution in [0.1, 0.15) is 127 Å². The topological polar surface area (TPSA) is 496 Å². The highest BCUT2D eigenvalue weighted by atomic mass is 35.5. The number of carboxylic acids is 2. The molecule has 0 atom stereocenters. The summed E-state index contributed by atoms with van der Waals surface area (Å²) in [7, 11) is 4.07. The number of pyridine rings is 1. The lowest BCUT2D eigenvalue weighted by Crippen LogP contribution is -2.27. The zero-order valence-electron chi connectivity index (χ0n) is 65.7. The van der Waals surface area contributed by atoms with Gasteiger partial charge in [-0.15, -0.1) is 24.5 Å². The van der Waals surface area contributed by atoms with Gasteiger partial charge in [0.05, 0.1) is 70.7 Å². The van der Waals surface area contributed by atoms with E-state index < -0.39 is 80.8 Å². The number of rotatable bonds is 24. The molecule has 3 saturated heterocycles. The molecule has 0 unspecified atom stereocenters. The lowest BCUT2D eigenvalue weighted by atomic mass is 10.1. The number of amides is 4. The van der Waals surface area contributed by atoms with E-state index in [4.69, 9.17) is 50.0 Å². The second-order valence-corrected chi connectivity index (χ2v) is 26.0. The zero-order chi connectivity index (χ0) is 94.5. The molecule has 0 bridgehead atoms. The molecule has 4 aliphatic heterocycles. The molecule has 1 aromatic heterocycles. The molecule has 7 aromatic carbocycles. The number of phenols is 1. The number of phenolic OH excluding ortho intramolecular Hbond substituents is 1. The maximum Gasteiger partial charge on any atom is 0.387 e. The number of ether oxygens (including phenoxy) is 8. The number of hydrogen-bond donors (Lipinski definition) is 5. The molecule has 50 heteroatoms. The summed E-state index contributed by atoms with van der Waals surface area (Å²) in [6.07, 6.45) is 5.75. The number of esters is 2. The summed E-state index contributed by atoms with van der Waals surface area (Å²) >= 11 is 11.6. The van der Waals surface area contributed by atoms with E-state index >= 15 is 0 Å². The van der Waals surface area contributed by atoms with Crippen LogP contribution in [0.4, 0.5) is 92.5 Å². The highest BCUT2D eigenvalue weighted by Gasteiger charge is 2.30. The van der Waals surface area contributed by atoms with Crippen LogP contribution in [-0.4, -0.2) is 188 Å². The molecule has 680 valence electrons. The van der Waals surface area contributed by atoms with Crippen LogP contribution >= 0.6 is 23.2 Å². The fourth-order valence-corrected chi connectivity index (χ4v) is 11.6. The number of halogens is 14. The average Bonchev–Trinajstić information content (AvgIpc) is 1.65. The molecule has 5 heterocycles. The highest BCUT2D eigenvalue weighted by molar-refractivity contribution is 6.36. The van der Waals surface area contributed by atoms with Gasteiger partial charge in [0.25, 0.3) is 23.6 Å². The fraction of sp³-hybridized carbons (Fsp3) is 0.286. The third-order valence-electron chi connectivity index (χ3n) is 16.8. The summed E-state index contributed by atoms with van der Waals surface area (Å²) in [6.45, 7) is -13.8. The minimum atomic E-state index is -3.14. The maximum atomic E-state index is 12.2. The Hall–Kier alpha value is -14.6. The number of anilines is 2. The van der Waals surface area contributed by atoms with E-state index in [2.05, 4.69) is 68.8 Å². The van der Waals surface area contributed by atoms with Gasteiger partial charge in [-0.05, 0) is 198 Å². The van der Waals surface area contributed by atoms with Crippen molar-refractivity contribution in [3.05, 3.63) is 218 Å². The second kappa shape index (κ2) is 50.8. The molecule has 12 rings (SSSR count). The van der Waals surface area contributed by atoms with E-state index in [1.165, 1.54) is 79.9 Å². The number of fused-ring (bicyclic) bond motifs is 1. The molecule has 36 nitrogen and oxygen atoms in total. The maximum absolute atomic E-state index is 12.2. The number of nitrogens with two attached hydrogens (primary N) is 2.